The molecule has 19 heavy (non-hydrogen) atoms. The van der Waals surface area contributed by atoms with E-state index in [4.69, 9.17) is 5.73 Å². The molecular weight excluding hydrogens is 255 g/mol. The van der Waals surface area contributed by atoms with E-state index in [9.17, 15) is 18.3 Å². The average Bonchev–Trinajstić information content (AvgIpc) is 2.34. The first-order valence-electron chi connectivity index (χ1n) is 6.32. The van der Waals surface area contributed by atoms with E-state index in [0.29, 0.717) is 17.9 Å². The third-order valence-corrected chi connectivity index (χ3v) is 3.08. The average molecular weight is 275 g/mol. The molecule has 5 heteroatoms. The van der Waals surface area contributed by atoms with Gasteiger partial charge >= 0.3 is 6.18 Å². The molecule has 0 saturated carbocycles. The van der Waals surface area contributed by atoms with Crippen molar-refractivity contribution in [3.8, 4) is 0 Å². The Hall–Kier alpha value is -1.07. The Labute approximate surface area is 111 Å². The van der Waals surface area contributed by atoms with E-state index in [-0.39, 0.29) is 0 Å². The molecule has 2 atom stereocenters. The minimum absolute atomic E-state index is 0.453. The fourth-order valence-corrected chi connectivity index (χ4v) is 1.80. The van der Waals surface area contributed by atoms with Gasteiger partial charge in [0.25, 0.3) is 0 Å². The van der Waals surface area contributed by atoms with Crippen LogP contribution in [0.15, 0.2) is 24.3 Å². The summed E-state index contributed by atoms with van der Waals surface area (Å²) >= 11 is 0. The molecule has 0 amide bonds. The molecule has 3 N–H and O–H groups in total. The Balaban J connectivity index is 2.69. The van der Waals surface area contributed by atoms with Crippen LogP contribution in [0, 0.1) is 5.92 Å². The van der Waals surface area contributed by atoms with Crippen LogP contribution in [0.3, 0.4) is 0 Å². The van der Waals surface area contributed by atoms with Gasteiger partial charge in [-0.25, -0.2) is 0 Å². The van der Waals surface area contributed by atoms with Crippen molar-refractivity contribution >= 4 is 0 Å². The fourth-order valence-electron chi connectivity index (χ4n) is 1.80. The van der Waals surface area contributed by atoms with Crippen LogP contribution in [0.4, 0.5) is 13.2 Å². The Morgan fingerprint density at radius 2 is 1.63 bits per heavy atom. The summed E-state index contributed by atoms with van der Waals surface area (Å²) in [6, 6.07) is 3.98. The molecule has 0 aliphatic carbocycles. The molecule has 0 heterocycles. The van der Waals surface area contributed by atoms with Crippen molar-refractivity contribution in [3.05, 3.63) is 35.4 Å². The largest absolute Gasteiger partial charge is 0.416 e. The van der Waals surface area contributed by atoms with E-state index in [0.717, 1.165) is 18.6 Å². The van der Waals surface area contributed by atoms with Crippen molar-refractivity contribution in [1.29, 1.82) is 0 Å². The van der Waals surface area contributed by atoms with Crippen molar-refractivity contribution < 1.29 is 18.3 Å². The van der Waals surface area contributed by atoms with Crippen LogP contribution in [-0.2, 0) is 6.18 Å². The summed E-state index contributed by atoms with van der Waals surface area (Å²) in [7, 11) is 0. The van der Waals surface area contributed by atoms with Crippen LogP contribution in [-0.4, -0.2) is 11.2 Å². The maximum atomic E-state index is 12.4. The van der Waals surface area contributed by atoms with Crippen molar-refractivity contribution in [3.63, 3.8) is 0 Å². The van der Waals surface area contributed by atoms with Gasteiger partial charge in [0.15, 0.2) is 0 Å². The number of benzene rings is 1. The number of aliphatic hydroxyl groups excluding tert-OH is 1. The van der Waals surface area contributed by atoms with Gasteiger partial charge in [0.2, 0.25) is 0 Å². The predicted molar refractivity (Wildman–Crippen MR) is 68.5 cm³/mol. The second kappa shape index (κ2) is 6.39. The lowest BCUT2D eigenvalue weighted by Crippen LogP contribution is -2.26. The van der Waals surface area contributed by atoms with E-state index < -0.39 is 23.9 Å². The minimum Gasteiger partial charge on any atom is -0.391 e. The first kappa shape index (κ1) is 16.0. The van der Waals surface area contributed by atoms with Crippen LogP contribution < -0.4 is 5.73 Å². The molecule has 0 aliphatic rings. The zero-order valence-electron chi connectivity index (χ0n) is 11.1. The molecule has 1 rings (SSSR count). The first-order valence-corrected chi connectivity index (χ1v) is 6.32. The molecule has 0 aliphatic heterocycles. The lowest BCUT2D eigenvalue weighted by molar-refractivity contribution is -0.137. The number of rotatable bonds is 5. The number of alkyl halides is 3. The van der Waals surface area contributed by atoms with Gasteiger partial charge in [-0.3, -0.25) is 0 Å². The maximum absolute atomic E-state index is 12.4. The normalized spacial score (nSPS) is 15.6. The van der Waals surface area contributed by atoms with Crippen LogP contribution >= 0.6 is 0 Å². The summed E-state index contributed by atoms with van der Waals surface area (Å²) in [5.74, 6) is 0.453. The lowest BCUT2D eigenvalue weighted by atomic mass is 9.95. The van der Waals surface area contributed by atoms with Crippen LogP contribution in [0.1, 0.15) is 43.9 Å². The number of hydrogen-bond donors (Lipinski definition) is 2. The van der Waals surface area contributed by atoms with Crippen molar-refractivity contribution in [1.82, 2.24) is 0 Å². The summed E-state index contributed by atoms with van der Waals surface area (Å²) in [5.41, 5.74) is 5.66. The van der Waals surface area contributed by atoms with Gasteiger partial charge in [0.1, 0.15) is 0 Å². The van der Waals surface area contributed by atoms with E-state index in [1.165, 1.54) is 12.1 Å². The number of hydrogen-bond acceptors (Lipinski definition) is 2. The molecule has 1 aromatic carbocycles. The van der Waals surface area contributed by atoms with Gasteiger partial charge < -0.3 is 10.8 Å². The lowest BCUT2D eigenvalue weighted by Gasteiger charge is -2.20. The molecule has 0 unspecified atom stereocenters. The molecule has 0 saturated heterocycles. The molecule has 1 aromatic rings. The van der Waals surface area contributed by atoms with Crippen molar-refractivity contribution in [2.75, 3.05) is 0 Å². The third-order valence-electron chi connectivity index (χ3n) is 3.08. The van der Waals surface area contributed by atoms with E-state index in [1.807, 2.05) is 13.8 Å². The summed E-state index contributed by atoms with van der Waals surface area (Å²) < 4.78 is 37.2. The van der Waals surface area contributed by atoms with Gasteiger partial charge in [-0.1, -0.05) is 26.0 Å². The highest BCUT2D eigenvalue weighted by Crippen LogP contribution is 2.30. The van der Waals surface area contributed by atoms with Gasteiger partial charge in [-0.15, -0.1) is 0 Å². The maximum Gasteiger partial charge on any atom is 0.416 e. The Morgan fingerprint density at radius 3 is 2.05 bits per heavy atom. The smallest absolute Gasteiger partial charge is 0.391 e. The number of aliphatic hydroxyl groups is 1. The Morgan fingerprint density at radius 1 is 1.11 bits per heavy atom. The molecule has 0 radical (unpaired) electrons. The summed E-state index contributed by atoms with van der Waals surface area (Å²) in [6.45, 7) is 4.08. The highest BCUT2D eigenvalue weighted by Gasteiger charge is 2.30. The summed E-state index contributed by atoms with van der Waals surface area (Å²) in [4.78, 5) is 0. The van der Waals surface area contributed by atoms with Crippen molar-refractivity contribution in [2.24, 2.45) is 11.7 Å². The molecule has 0 aromatic heterocycles. The Bertz CT molecular complexity index is 387. The van der Waals surface area contributed by atoms with Gasteiger partial charge in [0.05, 0.1) is 17.7 Å². The quantitative estimate of drug-likeness (QED) is 0.864. The van der Waals surface area contributed by atoms with Crippen LogP contribution in [0.5, 0.6) is 0 Å². The molecule has 0 bridgehead atoms. The molecule has 108 valence electrons. The second-order valence-corrected chi connectivity index (χ2v) is 5.18. The van der Waals surface area contributed by atoms with Gasteiger partial charge in [-0.2, -0.15) is 13.2 Å². The molecule has 2 nitrogen and oxygen atoms in total. The SMILES string of the molecule is CC(C)CC[C@H](O)[C@H](N)c1ccc(C(F)(F)F)cc1. The minimum atomic E-state index is -4.35. The predicted octanol–water partition coefficient (Wildman–Crippen LogP) is 3.50. The van der Waals surface area contributed by atoms with Crippen molar-refractivity contribution in [2.45, 2.75) is 45.0 Å². The molecular formula is C14H20F3NO. The molecule has 0 spiro atoms. The highest BCUT2D eigenvalue weighted by molar-refractivity contribution is 5.27. The fraction of sp³-hybridized carbons (Fsp3) is 0.571. The van der Waals surface area contributed by atoms with Gasteiger partial charge in [-0.05, 0) is 36.5 Å². The monoisotopic (exact) mass is 275 g/mol. The van der Waals surface area contributed by atoms with E-state index >= 15 is 0 Å². The topological polar surface area (TPSA) is 46.2 Å². The molecule has 0 fully saturated rings. The van der Waals surface area contributed by atoms with Crippen LogP contribution in [0.2, 0.25) is 0 Å². The second-order valence-electron chi connectivity index (χ2n) is 5.18. The van der Waals surface area contributed by atoms with E-state index in [2.05, 4.69) is 0 Å². The first-order chi connectivity index (χ1) is 8.71. The Kier molecular flexibility index (Phi) is 5.38. The van der Waals surface area contributed by atoms with Crippen LogP contribution in [0.25, 0.3) is 0 Å². The zero-order valence-corrected chi connectivity index (χ0v) is 11.1. The number of halogens is 3. The third kappa shape index (κ3) is 4.84. The highest BCUT2D eigenvalue weighted by atomic mass is 19.4. The standard InChI is InChI=1S/C14H20F3NO/c1-9(2)3-8-12(19)13(18)10-4-6-11(7-5-10)14(15,16)17/h4-7,9,12-13,19H,3,8,18H2,1-2H3/t12-,13+/m0/s1. The van der Waals surface area contributed by atoms with E-state index in [1.54, 1.807) is 0 Å². The zero-order chi connectivity index (χ0) is 14.6. The summed E-state index contributed by atoms with van der Waals surface area (Å²) in [6.07, 6.45) is -3.71. The van der Waals surface area contributed by atoms with Gasteiger partial charge in [0, 0.05) is 0 Å². The summed E-state index contributed by atoms with van der Waals surface area (Å²) in [5, 5.41) is 9.90. The number of nitrogens with two attached hydrogens (primary N) is 1.